The highest BCUT2D eigenvalue weighted by Crippen LogP contribution is 2.27. The van der Waals surface area contributed by atoms with Gasteiger partial charge in [-0.1, -0.05) is 36.7 Å². The molecule has 7 nitrogen and oxygen atoms in total. The smallest absolute Gasteiger partial charge is 0.264 e. The Bertz CT molecular complexity index is 1490. The molecule has 0 saturated heterocycles. The first kappa shape index (κ1) is 32.1. The van der Waals surface area contributed by atoms with E-state index in [4.69, 9.17) is 11.6 Å². The topological polar surface area (TPSA) is 86.8 Å². The van der Waals surface area contributed by atoms with Crippen molar-refractivity contribution in [3.05, 3.63) is 94.3 Å². The Labute approximate surface area is 247 Å². The third-order valence-corrected chi connectivity index (χ3v) is 8.65. The molecule has 0 aliphatic carbocycles. The number of hydrogen-bond donors (Lipinski definition) is 1. The number of carbonyl (C=O) groups is 2. The molecular formula is C31H37ClFN3O4S. The van der Waals surface area contributed by atoms with Gasteiger partial charge in [-0.15, -0.1) is 0 Å². The van der Waals surface area contributed by atoms with E-state index in [-0.39, 0.29) is 23.8 Å². The van der Waals surface area contributed by atoms with Gasteiger partial charge in [0.25, 0.3) is 10.0 Å². The number of rotatable bonds is 10. The molecule has 0 fully saturated rings. The number of hydrogen-bond acceptors (Lipinski definition) is 4. The fourth-order valence-electron chi connectivity index (χ4n) is 4.30. The molecule has 10 heteroatoms. The van der Waals surface area contributed by atoms with Crippen LogP contribution in [-0.4, -0.2) is 43.3 Å². The van der Waals surface area contributed by atoms with Crippen LogP contribution >= 0.6 is 11.6 Å². The van der Waals surface area contributed by atoms with Crippen molar-refractivity contribution in [3.63, 3.8) is 0 Å². The van der Waals surface area contributed by atoms with Crippen molar-refractivity contribution in [2.45, 2.75) is 71.0 Å². The Morgan fingerprint density at radius 1 is 0.951 bits per heavy atom. The molecule has 0 unspecified atom stereocenters. The molecule has 0 saturated carbocycles. The van der Waals surface area contributed by atoms with Crippen LogP contribution in [0.15, 0.2) is 71.6 Å². The van der Waals surface area contributed by atoms with E-state index in [1.807, 2.05) is 34.6 Å². The molecular weight excluding hydrogens is 565 g/mol. The molecule has 0 aliphatic rings. The number of halogens is 2. The Morgan fingerprint density at radius 3 is 2.10 bits per heavy atom. The van der Waals surface area contributed by atoms with Crippen molar-refractivity contribution in [1.82, 2.24) is 10.2 Å². The second-order valence-corrected chi connectivity index (χ2v) is 13.3. The van der Waals surface area contributed by atoms with E-state index in [0.717, 1.165) is 15.4 Å². The van der Waals surface area contributed by atoms with Crippen molar-refractivity contribution in [2.75, 3.05) is 10.8 Å². The van der Waals surface area contributed by atoms with Gasteiger partial charge in [0.15, 0.2) is 0 Å². The van der Waals surface area contributed by atoms with Crippen molar-refractivity contribution in [2.24, 2.45) is 0 Å². The fourth-order valence-corrected chi connectivity index (χ4v) is 5.83. The van der Waals surface area contributed by atoms with Crippen LogP contribution in [0.25, 0.3) is 0 Å². The number of sulfonamides is 1. The molecule has 0 bridgehead atoms. The van der Waals surface area contributed by atoms with Crippen molar-refractivity contribution in [1.29, 1.82) is 0 Å². The van der Waals surface area contributed by atoms with Gasteiger partial charge in [0.1, 0.15) is 18.4 Å². The summed E-state index contributed by atoms with van der Waals surface area (Å²) in [6.45, 7) is 10.5. The number of nitrogens with zero attached hydrogens (tertiary/aromatic N) is 2. The highest BCUT2D eigenvalue weighted by atomic mass is 35.5. The van der Waals surface area contributed by atoms with Crippen molar-refractivity contribution >= 4 is 39.1 Å². The van der Waals surface area contributed by atoms with Gasteiger partial charge >= 0.3 is 0 Å². The lowest BCUT2D eigenvalue weighted by molar-refractivity contribution is -0.141. The number of benzene rings is 3. The highest BCUT2D eigenvalue weighted by Gasteiger charge is 2.34. The summed E-state index contributed by atoms with van der Waals surface area (Å²) in [5, 5.41) is 3.30. The SMILES string of the molecule is CC[C@@H](C(=O)NC(C)(C)C)N(Cc1ccc(F)cc1)C(=O)CN(c1ccc(C)c(C)c1)S(=O)(=O)c1ccc(Cl)cc1. The van der Waals surface area contributed by atoms with Crippen LogP contribution in [0.4, 0.5) is 10.1 Å². The molecule has 220 valence electrons. The van der Waals surface area contributed by atoms with E-state index in [2.05, 4.69) is 5.32 Å². The summed E-state index contributed by atoms with van der Waals surface area (Å²) in [4.78, 5) is 28.8. The zero-order valence-corrected chi connectivity index (χ0v) is 25.8. The largest absolute Gasteiger partial charge is 0.350 e. The van der Waals surface area contributed by atoms with E-state index >= 15 is 0 Å². The van der Waals surface area contributed by atoms with E-state index in [1.54, 1.807) is 25.1 Å². The molecule has 3 aromatic carbocycles. The third-order valence-electron chi connectivity index (χ3n) is 6.61. The minimum atomic E-state index is -4.21. The molecule has 1 atom stereocenters. The van der Waals surface area contributed by atoms with Crippen molar-refractivity contribution in [3.8, 4) is 0 Å². The summed E-state index contributed by atoms with van der Waals surface area (Å²) < 4.78 is 42.6. The van der Waals surface area contributed by atoms with Gasteiger partial charge < -0.3 is 10.2 Å². The van der Waals surface area contributed by atoms with Crippen LogP contribution in [-0.2, 0) is 26.2 Å². The molecule has 0 spiro atoms. The summed E-state index contributed by atoms with van der Waals surface area (Å²) in [6.07, 6.45) is 0.280. The summed E-state index contributed by atoms with van der Waals surface area (Å²) in [5.41, 5.74) is 2.17. The van der Waals surface area contributed by atoms with Gasteiger partial charge in [-0.25, -0.2) is 12.8 Å². The fraction of sp³-hybridized carbons (Fsp3) is 0.355. The molecule has 0 radical (unpaired) electrons. The third kappa shape index (κ3) is 8.30. The maximum Gasteiger partial charge on any atom is 0.264 e. The van der Waals surface area contributed by atoms with Crippen LogP contribution in [0.1, 0.15) is 50.8 Å². The molecule has 0 aliphatic heterocycles. The first-order chi connectivity index (χ1) is 19.1. The molecule has 2 amide bonds. The monoisotopic (exact) mass is 601 g/mol. The predicted octanol–water partition coefficient (Wildman–Crippen LogP) is 6.01. The van der Waals surface area contributed by atoms with Crippen LogP contribution in [0.2, 0.25) is 5.02 Å². The minimum absolute atomic E-state index is 0.0169. The van der Waals surface area contributed by atoms with Crippen LogP contribution in [0.5, 0.6) is 0 Å². The molecule has 1 N–H and O–H groups in total. The number of carbonyl (C=O) groups excluding carboxylic acids is 2. The van der Waals surface area contributed by atoms with E-state index in [0.29, 0.717) is 16.3 Å². The minimum Gasteiger partial charge on any atom is -0.350 e. The molecule has 0 heterocycles. The van der Waals surface area contributed by atoms with E-state index in [9.17, 15) is 22.4 Å². The lowest BCUT2D eigenvalue weighted by atomic mass is 10.1. The lowest BCUT2D eigenvalue weighted by Crippen LogP contribution is -2.55. The number of amides is 2. The predicted molar refractivity (Wildman–Crippen MR) is 161 cm³/mol. The van der Waals surface area contributed by atoms with Gasteiger partial charge in [0.05, 0.1) is 10.6 Å². The molecule has 41 heavy (non-hydrogen) atoms. The Morgan fingerprint density at radius 2 is 1.56 bits per heavy atom. The van der Waals surface area contributed by atoms with Gasteiger partial charge in [-0.3, -0.25) is 13.9 Å². The molecule has 3 aromatic rings. The maximum absolute atomic E-state index is 14.1. The van der Waals surface area contributed by atoms with E-state index in [1.165, 1.54) is 53.4 Å². The quantitative estimate of drug-likeness (QED) is 0.308. The summed E-state index contributed by atoms with van der Waals surface area (Å²) >= 11 is 6.00. The second-order valence-electron chi connectivity index (χ2n) is 11.0. The normalized spacial score (nSPS) is 12.5. The number of aryl methyl sites for hydroxylation is 2. The van der Waals surface area contributed by atoms with Gasteiger partial charge in [-0.2, -0.15) is 0 Å². The van der Waals surface area contributed by atoms with Crippen LogP contribution < -0.4 is 9.62 Å². The lowest BCUT2D eigenvalue weighted by Gasteiger charge is -2.35. The number of anilines is 1. The second kappa shape index (κ2) is 13.0. The zero-order valence-electron chi connectivity index (χ0n) is 24.2. The number of nitrogens with one attached hydrogen (secondary N) is 1. The van der Waals surface area contributed by atoms with Gasteiger partial charge in [0.2, 0.25) is 11.8 Å². The summed E-state index contributed by atoms with van der Waals surface area (Å²) in [7, 11) is -4.21. The van der Waals surface area contributed by atoms with Crippen LogP contribution in [0.3, 0.4) is 0 Å². The standard InChI is InChI=1S/C31H37ClFN3O4S/c1-7-28(30(38)34-31(4,5)6)35(19-23-9-13-25(33)14-10-23)29(37)20-36(26-15-8-21(2)22(3)18-26)41(39,40)27-16-11-24(32)12-17-27/h8-18,28H,7,19-20H2,1-6H3,(H,34,38)/t28-/m0/s1. The average molecular weight is 602 g/mol. The highest BCUT2D eigenvalue weighted by molar-refractivity contribution is 7.92. The Hall–Kier alpha value is -3.43. The van der Waals surface area contributed by atoms with Crippen LogP contribution in [0, 0.1) is 19.7 Å². The van der Waals surface area contributed by atoms with Gasteiger partial charge in [0, 0.05) is 17.1 Å². The first-order valence-electron chi connectivity index (χ1n) is 13.3. The summed E-state index contributed by atoms with van der Waals surface area (Å²) in [5.74, 6) is -1.38. The molecule has 3 rings (SSSR count). The van der Waals surface area contributed by atoms with Crippen molar-refractivity contribution < 1.29 is 22.4 Å². The zero-order chi connectivity index (χ0) is 30.5. The first-order valence-corrected chi connectivity index (χ1v) is 15.2. The van der Waals surface area contributed by atoms with E-state index < -0.39 is 39.9 Å². The Kier molecular flexibility index (Phi) is 10.2. The molecule has 0 aromatic heterocycles. The Balaban J connectivity index is 2.09. The maximum atomic E-state index is 14.1. The van der Waals surface area contributed by atoms with Gasteiger partial charge in [-0.05, 0) is 106 Å². The summed E-state index contributed by atoms with van der Waals surface area (Å²) in [6, 6.07) is 15.6. The average Bonchev–Trinajstić information content (AvgIpc) is 2.89.